The van der Waals surface area contributed by atoms with E-state index >= 15 is 0 Å². The largest absolute Gasteiger partial charge is 0.497 e. The fraction of sp³-hybridized carbons (Fsp3) is 0.741. The zero-order valence-corrected chi connectivity index (χ0v) is 20.0. The number of methoxy groups -OCH3 is 1. The number of rotatable bonds is 10. The van der Waals surface area contributed by atoms with Crippen LogP contribution in [0.3, 0.4) is 0 Å². The molecule has 1 aromatic rings. The minimum absolute atomic E-state index is 0.283. The van der Waals surface area contributed by atoms with Crippen molar-refractivity contribution in [1.29, 1.82) is 0 Å². The summed E-state index contributed by atoms with van der Waals surface area (Å²) >= 11 is 0. The molecule has 1 atom stereocenters. The molecule has 0 radical (unpaired) electrons. The molecule has 182 valence electrons. The molecule has 6 nitrogen and oxygen atoms in total. The third-order valence-electron chi connectivity index (χ3n) is 8.41. The van der Waals surface area contributed by atoms with Crippen LogP contribution in [0.4, 0.5) is 0 Å². The van der Waals surface area contributed by atoms with E-state index in [0.717, 1.165) is 62.8 Å². The van der Waals surface area contributed by atoms with Crippen LogP contribution in [0.1, 0.15) is 55.3 Å². The Bertz CT molecular complexity index is 753. The van der Waals surface area contributed by atoms with Gasteiger partial charge in [-0.2, -0.15) is 0 Å². The molecule has 6 heteroatoms. The maximum atomic E-state index is 12.8. The summed E-state index contributed by atoms with van der Waals surface area (Å²) in [6, 6.07) is 7.08. The predicted molar refractivity (Wildman–Crippen MR) is 125 cm³/mol. The van der Waals surface area contributed by atoms with Gasteiger partial charge in [-0.3, -0.25) is 4.90 Å². The summed E-state index contributed by atoms with van der Waals surface area (Å²) in [6.07, 6.45) is 9.53. The van der Waals surface area contributed by atoms with Crippen LogP contribution in [0.25, 0.3) is 0 Å². The number of hydrogen-bond donors (Lipinski definition) is 0. The Kier molecular flexibility index (Phi) is 7.24. The van der Waals surface area contributed by atoms with Gasteiger partial charge in [-0.25, -0.2) is 4.79 Å². The second-order valence-corrected chi connectivity index (χ2v) is 10.9. The van der Waals surface area contributed by atoms with Gasteiger partial charge in [0.05, 0.1) is 32.5 Å². The van der Waals surface area contributed by atoms with E-state index in [1.807, 2.05) is 0 Å². The number of hydrogen-bond acceptors (Lipinski definition) is 6. The molecule has 5 fully saturated rings. The molecule has 4 saturated carbocycles. The number of carbonyl (C=O) groups excluding carboxylic acids is 1. The highest BCUT2D eigenvalue weighted by atomic mass is 16.6. The van der Waals surface area contributed by atoms with Crippen molar-refractivity contribution in [2.45, 2.75) is 51.0 Å². The highest BCUT2D eigenvalue weighted by molar-refractivity contribution is 5.89. The summed E-state index contributed by atoms with van der Waals surface area (Å²) in [5.74, 6) is 3.33. The molecule has 1 saturated heterocycles. The topological polar surface area (TPSA) is 57.2 Å². The molecule has 5 aliphatic rings. The van der Waals surface area contributed by atoms with Crippen LogP contribution >= 0.6 is 0 Å². The van der Waals surface area contributed by atoms with Gasteiger partial charge in [-0.05, 0) is 92.4 Å². The van der Waals surface area contributed by atoms with Crippen molar-refractivity contribution in [3.63, 3.8) is 0 Å². The molecule has 0 unspecified atom stereocenters. The highest BCUT2D eigenvalue weighted by Crippen LogP contribution is 2.61. The van der Waals surface area contributed by atoms with E-state index in [1.54, 1.807) is 31.4 Å². The van der Waals surface area contributed by atoms with Crippen molar-refractivity contribution >= 4 is 5.97 Å². The van der Waals surface area contributed by atoms with Crippen molar-refractivity contribution in [2.75, 3.05) is 53.2 Å². The number of carbonyl (C=O) groups is 1. The monoisotopic (exact) mass is 457 g/mol. The van der Waals surface area contributed by atoms with Crippen LogP contribution in [0.5, 0.6) is 5.75 Å². The van der Waals surface area contributed by atoms with Crippen LogP contribution < -0.4 is 4.74 Å². The summed E-state index contributed by atoms with van der Waals surface area (Å²) in [6.45, 7) is 5.09. The standard InChI is InChI=1S/C27H39NO5/c1-30-24-4-2-23(3-5-24)26(29)33-25(18-28-7-10-31-11-8-28)19-32-9-6-27-15-20-12-21(16-27)14-22(13-20)17-27/h2-5,20-22,25H,6-19H2,1H3/t20?,21?,22?,25-,27?/m1/s1. The summed E-state index contributed by atoms with van der Waals surface area (Å²) in [4.78, 5) is 15.1. The molecule has 1 heterocycles. The van der Waals surface area contributed by atoms with Gasteiger partial charge < -0.3 is 18.9 Å². The smallest absolute Gasteiger partial charge is 0.338 e. The molecule has 0 amide bonds. The second kappa shape index (κ2) is 10.3. The maximum Gasteiger partial charge on any atom is 0.338 e. The second-order valence-electron chi connectivity index (χ2n) is 10.9. The van der Waals surface area contributed by atoms with E-state index in [0.29, 0.717) is 24.1 Å². The van der Waals surface area contributed by atoms with Gasteiger partial charge in [0, 0.05) is 26.2 Å². The lowest BCUT2D eigenvalue weighted by molar-refractivity contribution is -0.0768. The van der Waals surface area contributed by atoms with Crippen molar-refractivity contribution in [1.82, 2.24) is 4.90 Å². The van der Waals surface area contributed by atoms with Gasteiger partial charge >= 0.3 is 5.97 Å². The van der Waals surface area contributed by atoms with E-state index < -0.39 is 0 Å². The molecule has 0 aromatic heterocycles. The number of nitrogens with zero attached hydrogens (tertiary/aromatic N) is 1. The van der Waals surface area contributed by atoms with Crippen LogP contribution in [0.2, 0.25) is 0 Å². The van der Waals surface area contributed by atoms with Crippen molar-refractivity contribution < 1.29 is 23.7 Å². The minimum atomic E-state index is -0.305. The van der Waals surface area contributed by atoms with Gasteiger partial charge in [-0.15, -0.1) is 0 Å². The molecule has 1 aromatic carbocycles. The Morgan fingerprint density at radius 2 is 1.70 bits per heavy atom. The Hall–Kier alpha value is -1.63. The fourth-order valence-electron chi connectivity index (χ4n) is 7.24. The van der Waals surface area contributed by atoms with E-state index in [9.17, 15) is 4.79 Å². The average molecular weight is 458 g/mol. The summed E-state index contributed by atoms with van der Waals surface area (Å²) in [5, 5.41) is 0. The number of esters is 1. The maximum absolute atomic E-state index is 12.8. The van der Waals surface area contributed by atoms with Crippen LogP contribution in [-0.4, -0.2) is 70.1 Å². The molecular formula is C27H39NO5. The van der Waals surface area contributed by atoms with E-state index in [4.69, 9.17) is 18.9 Å². The molecule has 33 heavy (non-hydrogen) atoms. The van der Waals surface area contributed by atoms with Gasteiger partial charge in [0.15, 0.2) is 0 Å². The lowest BCUT2D eigenvalue weighted by Gasteiger charge is -2.57. The molecule has 6 rings (SSSR count). The minimum Gasteiger partial charge on any atom is -0.497 e. The van der Waals surface area contributed by atoms with Crippen LogP contribution in [0, 0.1) is 23.2 Å². The number of benzene rings is 1. The van der Waals surface area contributed by atoms with Gasteiger partial charge in [0.25, 0.3) is 0 Å². The van der Waals surface area contributed by atoms with E-state index in [2.05, 4.69) is 4.90 Å². The molecule has 0 spiro atoms. The summed E-state index contributed by atoms with van der Waals surface area (Å²) in [5.41, 5.74) is 1.06. The van der Waals surface area contributed by atoms with Gasteiger partial charge in [0.2, 0.25) is 0 Å². The highest BCUT2D eigenvalue weighted by Gasteiger charge is 2.50. The zero-order valence-electron chi connectivity index (χ0n) is 20.0. The van der Waals surface area contributed by atoms with Crippen molar-refractivity contribution in [3.8, 4) is 5.75 Å². The predicted octanol–water partition coefficient (Wildman–Crippen LogP) is 4.18. The Balaban J connectivity index is 1.14. The molecule has 1 aliphatic heterocycles. The molecule has 0 N–H and O–H groups in total. The normalized spacial score (nSPS) is 32.0. The van der Waals surface area contributed by atoms with Crippen LogP contribution in [-0.2, 0) is 14.2 Å². The summed E-state index contributed by atoms with van der Waals surface area (Å²) in [7, 11) is 1.62. The lowest BCUT2D eigenvalue weighted by atomic mass is 9.49. The fourth-order valence-corrected chi connectivity index (χ4v) is 7.24. The lowest BCUT2D eigenvalue weighted by Crippen LogP contribution is -2.46. The van der Waals surface area contributed by atoms with Gasteiger partial charge in [-0.1, -0.05) is 0 Å². The number of ether oxygens (including phenoxy) is 4. The quantitative estimate of drug-likeness (QED) is 0.388. The first-order chi connectivity index (χ1) is 16.1. The van der Waals surface area contributed by atoms with Gasteiger partial charge in [0.1, 0.15) is 11.9 Å². The van der Waals surface area contributed by atoms with E-state index in [1.165, 1.54) is 38.5 Å². The van der Waals surface area contributed by atoms with Crippen molar-refractivity contribution in [3.05, 3.63) is 29.8 Å². The van der Waals surface area contributed by atoms with E-state index in [-0.39, 0.29) is 12.1 Å². The third-order valence-corrected chi connectivity index (χ3v) is 8.41. The number of morpholine rings is 1. The Morgan fingerprint density at radius 3 is 2.30 bits per heavy atom. The zero-order chi connectivity index (χ0) is 22.7. The summed E-state index contributed by atoms with van der Waals surface area (Å²) < 4.78 is 22.8. The van der Waals surface area contributed by atoms with Crippen molar-refractivity contribution in [2.24, 2.45) is 23.2 Å². The first-order valence-electron chi connectivity index (χ1n) is 12.8. The Labute approximate surface area is 197 Å². The van der Waals surface area contributed by atoms with Crippen LogP contribution in [0.15, 0.2) is 24.3 Å². The average Bonchev–Trinajstić information content (AvgIpc) is 2.81. The molecule has 4 aliphatic carbocycles. The SMILES string of the molecule is COc1ccc(C(=O)O[C@@H](COCCC23CC4CC(CC(C4)C2)C3)CN2CCOCC2)cc1. The first-order valence-corrected chi connectivity index (χ1v) is 12.8. The third kappa shape index (κ3) is 5.72. The Morgan fingerprint density at radius 1 is 1.06 bits per heavy atom. The molecule has 4 bridgehead atoms. The molecular weight excluding hydrogens is 418 g/mol. The first kappa shape index (κ1) is 23.1.